The second-order valence-electron chi connectivity index (χ2n) is 4.37. The van der Waals surface area contributed by atoms with Gasteiger partial charge in [-0.15, -0.1) is 0 Å². The van der Waals surface area contributed by atoms with Crippen molar-refractivity contribution in [3.63, 3.8) is 0 Å². The zero-order chi connectivity index (χ0) is 15.2. The Morgan fingerprint density at radius 1 is 1.42 bits per heavy atom. The SMILES string of the molecule is CCN(CC(C)C(=N)N)S(=O)(=O)NC(=O)OC(C)C. The van der Waals surface area contributed by atoms with E-state index >= 15 is 0 Å². The van der Waals surface area contributed by atoms with E-state index in [1.54, 1.807) is 27.7 Å². The van der Waals surface area contributed by atoms with Gasteiger partial charge in [-0.2, -0.15) is 12.7 Å². The van der Waals surface area contributed by atoms with Crippen LogP contribution < -0.4 is 10.5 Å². The lowest BCUT2D eigenvalue weighted by Gasteiger charge is -2.23. The van der Waals surface area contributed by atoms with Crippen molar-refractivity contribution in [2.24, 2.45) is 11.7 Å². The van der Waals surface area contributed by atoms with Crippen LogP contribution in [0.25, 0.3) is 0 Å². The van der Waals surface area contributed by atoms with Gasteiger partial charge in [0.2, 0.25) is 0 Å². The molecular formula is C10H22N4O4S. The molecule has 0 aliphatic carbocycles. The number of nitrogens with one attached hydrogen (secondary N) is 2. The predicted molar refractivity (Wildman–Crippen MR) is 72.0 cm³/mol. The third kappa shape index (κ3) is 6.39. The minimum absolute atomic E-state index is 0.0239. The summed E-state index contributed by atoms with van der Waals surface area (Å²) in [7, 11) is -3.99. The Hall–Kier alpha value is -1.35. The van der Waals surface area contributed by atoms with E-state index in [4.69, 9.17) is 15.9 Å². The number of carbonyl (C=O) groups excluding carboxylic acids is 1. The molecule has 0 rings (SSSR count). The second-order valence-corrected chi connectivity index (χ2v) is 6.04. The number of amides is 1. The standard InChI is InChI=1S/C10H22N4O4S/c1-5-14(6-8(4)9(11)12)19(16,17)13-10(15)18-7(2)3/h7-8H,5-6H2,1-4H3,(H3,11,12)(H,13,15). The molecule has 0 aliphatic rings. The van der Waals surface area contributed by atoms with Crippen LogP contribution in [-0.2, 0) is 14.9 Å². The molecule has 0 aromatic rings. The molecule has 0 saturated carbocycles. The fourth-order valence-electron chi connectivity index (χ4n) is 1.21. The smallest absolute Gasteiger partial charge is 0.422 e. The highest BCUT2D eigenvalue weighted by molar-refractivity contribution is 7.87. The van der Waals surface area contributed by atoms with Gasteiger partial charge in [0.15, 0.2) is 0 Å². The zero-order valence-electron chi connectivity index (χ0n) is 11.6. The highest BCUT2D eigenvalue weighted by Crippen LogP contribution is 2.05. The summed E-state index contributed by atoms with van der Waals surface area (Å²) in [6, 6.07) is 0. The molecule has 112 valence electrons. The molecule has 1 unspecified atom stereocenters. The molecule has 19 heavy (non-hydrogen) atoms. The third-order valence-electron chi connectivity index (χ3n) is 2.26. The molecule has 4 N–H and O–H groups in total. The Labute approximate surface area is 114 Å². The van der Waals surface area contributed by atoms with E-state index in [9.17, 15) is 13.2 Å². The molecule has 0 aromatic carbocycles. The minimum atomic E-state index is -3.99. The Kier molecular flexibility index (Phi) is 6.77. The average Bonchev–Trinajstić information content (AvgIpc) is 2.22. The van der Waals surface area contributed by atoms with Crippen LogP contribution in [0.4, 0.5) is 4.79 Å². The number of hydrogen-bond acceptors (Lipinski definition) is 5. The van der Waals surface area contributed by atoms with E-state index in [0.29, 0.717) is 0 Å². The highest BCUT2D eigenvalue weighted by Gasteiger charge is 2.26. The van der Waals surface area contributed by atoms with Crippen LogP contribution in [0.1, 0.15) is 27.7 Å². The van der Waals surface area contributed by atoms with Crippen molar-refractivity contribution in [3.05, 3.63) is 0 Å². The minimum Gasteiger partial charge on any atom is -0.446 e. The van der Waals surface area contributed by atoms with Gasteiger partial charge >= 0.3 is 16.3 Å². The third-order valence-corrected chi connectivity index (χ3v) is 3.77. The van der Waals surface area contributed by atoms with Gasteiger partial charge in [-0.1, -0.05) is 13.8 Å². The van der Waals surface area contributed by atoms with Crippen molar-refractivity contribution in [2.45, 2.75) is 33.8 Å². The van der Waals surface area contributed by atoms with Gasteiger partial charge in [-0.05, 0) is 13.8 Å². The van der Waals surface area contributed by atoms with Crippen molar-refractivity contribution < 1.29 is 17.9 Å². The first-order valence-electron chi connectivity index (χ1n) is 5.92. The maximum atomic E-state index is 11.9. The van der Waals surface area contributed by atoms with E-state index in [1.807, 2.05) is 4.72 Å². The first-order valence-corrected chi connectivity index (χ1v) is 7.36. The van der Waals surface area contributed by atoms with Gasteiger partial charge in [0.05, 0.1) is 11.9 Å². The predicted octanol–water partition coefficient (Wildman–Crippen LogP) is 0.260. The molecule has 9 heteroatoms. The molecular weight excluding hydrogens is 272 g/mol. The summed E-state index contributed by atoms with van der Waals surface area (Å²) in [4.78, 5) is 11.3. The van der Waals surface area contributed by atoms with Crippen LogP contribution in [0, 0.1) is 11.3 Å². The molecule has 0 bridgehead atoms. The monoisotopic (exact) mass is 294 g/mol. The summed E-state index contributed by atoms with van der Waals surface area (Å²) < 4.78 is 31.4. The Balaban J connectivity index is 4.75. The van der Waals surface area contributed by atoms with E-state index < -0.39 is 28.3 Å². The van der Waals surface area contributed by atoms with Crippen molar-refractivity contribution in [3.8, 4) is 0 Å². The van der Waals surface area contributed by atoms with Gasteiger partial charge in [0.1, 0.15) is 0 Å². The molecule has 8 nitrogen and oxygen atoms in total. The van der Waals surface area contributed by atoms with Crippen molar-refractivity contribution in [1.82, 2.24) is 9.03 Å². The molecule has 0 heterocycles. The average molecular weight is 294 g/mol. The van der Waals surface area contributed by atoms with Crippen LogP contribution in [0.2, 0.25) is 0 Å². The van der Waals surface area contributed by atoms with Crippen molar-refractivity contribution >= 4 is 22.1 Å². The largest absolute Gasteiger partial charge is 0.446 e. The van der Waals surface area contributed by atoms with Gasteiger partial charge in [-0.3, -0.25) is 5.41 Å². The fraction of sp³-hybridized carbons (Fsp3) is 0.800. The van der Waals surface area contributed by atoms with Crippen molar-refractivity contribution in [1.29, 1.82) is 5.41 Å². The molecule has 0 spiro atoms. The van der Waals surface area contributed by atoms with Crippen LogP contribution in [0.15, 0.2) is 0 Å². The Morgan fingerprint density at radius 2 is 1.95 bits per heavy atom. The van der Waals surface area contributed by atoms with Crippen LogP contribution in [0.3, 0.4) is 0 Å². The first kappa shape index (κ1) is 17.6. The number of amidine groups is 1. The van der Waals surface area contributed by atoms with Gasteiger partial charge < -0.3 is 10.5 Å². The van der Waals surface area contributed by atoms with Gasteiger partial charge in [0.25, 0.3) is 0 Å². The van der Waals surface area contributed by atoms with Gasteiger partial charge in [-0.25, -0.2) is 9.52 Å². The fourth-order valence-corrected chi connectivity index (χ4v) is 2.36. The molecule has 0 fully saturated rings. The topological polar surface area (TPSA) is 126 Å². The quantitative estimate of drug-likeness (QED) is 0.458. The molecule has 0 radical (unpaired) electrons. The molecule has 1 amide bonds. The zero-order valence-corrected chi connectivity index (χ0v) is 12.5. The number of ether oxygens (including phenoxy) is 1. The summed E-state index contributed by atoms with van der Waals surface area (Å²) in [5, 5.41) is 7.25. The van der Waals surface area contributed by atoms with Crippen molar-refractivity contribution in [2.75, 3.05) is 13.1 Å². The van der Waals surface area contributed by atoms with E-state index in [1.165, 1.54) is 0 Å². The maximum Gasteiger partial charge on any atom is 0.422 e. The summed E-state index contributed by atoms with van der Waals surface area (Å²) in [6.07, 6.45) is -1.44. The number of nitrogens with zero attached hydrogens (tertiary/aromatic N) is 1. The van der Waals surface area contributed by atoms with Crippen LogP contribution in [0.5, 0.6) is 0 Å². The van der Waals surface area contributed by atoms with E-state index in [0.717, 1.165) is 4.31 Å². The summed E-state index contributed by atoms with van der Waals surface area (Å²) in [5.41, 5.74) is 5.30. The maximum absolute atomic E-state index is 11.9. The second kappa shape index (κ2) is 7.29. The van der Waals surface area contributed by atoms with Crippen LogP contribution in [-0.4, -0.2) is 43.8 Å². The summed E-state index contributed by atoms with van der Waals surface area (Å²) in [6.45, 7) is 6.66. The molecule has 0 aliphatic heterocycles. The van der Waals surface area contributed by atoms with Gasteiger partial charge in [0, 0.05) is 19.0 Å². The summed E-state index contributed by atoms with van der Waals surface area (Å²) in [5.74, 6) is -0.545. The number of rotatable bonds is 7. The molecule has 0 saturated heterocycles. The number of nitrogens with two attached hydrogens (primary N) is 1. The normalized spacial score (nSPS) is 13.4. The van der Waals surface area contributed by atoms with E-state index in [-0.39, 0.29) is 18.9 Å². The molecule has 0 aromatic heterocycles. The first-order chi connectivity index (χ1) is 8.60. The number of hydrogen-bond donors (Lipinski definition) is 3. The Morgan fingerprint density at radius 3 is 2.32 bits per heavy atom. The van der Waals surface area contributed by atoms with E-state index in [2.05, 4.69) is 0 Å². The Bertz CT molecular complexity index is 421. The highest BCUT2D eigenvalue weighted by atomic mass is 32.2. The lowest BCUT2D eigenvalue weighted by Crippen LogP contribution is -2.46. The molecule has 1 atom stereocenters. The summed E-state index contributed by atoms with van der Waals surface area (Å²) >= 11 is 0. The van der Waals surface area contributed by atoms with Crippen LogP contribution >= 0.6 is 0 Å². The number of carbonyl (C=O) groups is 1. The lowest BCUT2D eigenvalue weighted by molar-refractivity contribution is 0.121. The lowest BCUT2D eigenvalue weighted by atomic mass is 10.1.